The van der Waals surface area contributed by atoms with Crippen LogP contribution in [0.3, 0.4) is 0 Å². The summed E-state index contributed by atoms with van der Waals surface area (Å²) in [5, 5.41) is 0. The van der Waals surface area contributed by atoms with Crippen LogP contribution in [-0.4, -0.2) is 20.3 Å². The molecule has 0 amide bonds. The van der Waals surface area contributed by atoms with Crippen LogP contribution in [0.4, 0.5) is 0 Å². The van der Waals surface area contributed by atoms with Gasteiger partial charge in [-0.2, -0.15) is 0 Å². The molecular formula is C24H27BiS. The Bertz CT molecular complexity index is 871. The molecule has 0 N–H and O–H groups in total. The van der Waals surface area contributed by atoms with E-state index in [0.29, 0.717) is 0 Å². The molecule has 0 saturated heterocycles. The predicted molar refractivity (Wildman–Crippen MR) is 120 cm³/mol. The molecule has 0 aromatic heterocycles. The van der Waals surface area contributed by atoms with Crippen molar-refractivity contribution in [2.45, 2.75) is 41.9 Å². The normalized spacial score (nSPS) is 11.2. The summed E-state index contributed by atoms with van der Waals surface area (Å²) in [5.74, 6) is 0. The Balaban J connectivity index is 2.26. The fourth-order valence-corrected chi connectivity index (χ4v) is 10.9. The molecule has 134 valence electrons. The Kier molecular flexibility index (Phi) is 6.26. The van der Waals surface area contributed by atoms with E-state index < -0.39 is 20.3 Å². The van der Waals surface area contributed by atoms with Crippen LogP contribution in [0.1, 0.15) is 22.3 Å². The van der Waals surface area contributed by atoms with Crippen molar-refractivity contribution >= 4 is 28.8 Å². The zero-order valence-electron chi connectivity index (χ0n) is 16.6. The van der Waals surface area contributed by atoms with E-state index in [1.54, 1.807) is 0 Å². The molecule has 3 aromatic rings. The first-order chi connectivity index (χ1) is 12.4. The molecular weight excluding hydrogens is 529 g/mol. The van der Waals surface area contributed by atoms with Crippen molar-refractivity contribution in [3.8, 4) is 22.3 Å². The molecule has 26 heavy (non-hydrogen) atoms. The minimum absolute atomic E-state index is 1.33. The number of hydrogen-bond acceptors (Lipinski definition) is 1. The van der Waals surface area contributed by atoms with Gasteiger partial charge in [-0.3, -0.25) is 0 Å². The van der Waals surface area contributed by atoms with E-state index >= 15 is 0 Å². The monoisotopic (exact) mass is 556 g/mol. The summed E-state index contributed by atoms with van der Waals surface area (Å²) in [7, 11) is 2.17. The second kappa shape index (κ2) is 8.28. The van der Waals surface area contributed by atoms with Crippen molar-refractivity contribution in [2.75, 3.05) is 0 Å². The van der Waals surface area contributed by atoms with E-state index in [1.807, 2.05) is 0 Å². The van der Waals surface area contributed by atoms with Crippen molar-refractivity contribution in [3.63, 3.8) is 0 Å². The Labute approximate surface area is 169 Å². The van der Waals surface area contributed by atoms with Gasteiger partial charge < -0.3 is 0 Å². The molecule has 2 heteroatoms. The summed E-state index contributed by atoms with van der Waals surface area (Å²) in [6, 6.07) is 20.5. The molecule has 0 aliphatic heterocycles. The molecule has 0 fully saturated rings. The maximum atomic E-state index is 2.48. The van der Waals surface area contributed by atoms with Crippen LogP contribution in [0.15, 0.2) is 59.5 Å². The van der Waals surface area contributed by atoms with Crippen molar-refractivity contribution in [1.29, 1.82) is 0 Å². The standard InChI is InChI=1S/C22H22S.2CH3.Bi/c1-14-8-10-18(16(3)12-14)20-6-5-7-21(22(20)23)19-11-9-15(2)13-17(19)4;;;/h5-13,23H,1-4H3;2*1H3;/q;;;+1/p-1. The molecule has 3 rings (SSSR count). The van der Waals surface area contributed by atoms with Gasteiger partial charge in [0.25, 0.3) is 0 Å². The molecule has 0 nitrogen and oxygen atoms in total. The number of benzene rings is 3. The summed E-state index contributed by atoms with van der Waals surface area (Å²) in [6.07, 6.45) is 0. The van der Waals surface area contributed by atoms with Crippen molar-refractivity contribution in [2.24, 2.45) is 0 Å². The third-order valence-electron chi connectivity index (χ3n) is 4.63. The molecule has 0 atom stereocenters. The second-order valence-electron chi connectivity index (χ2n) is 7.22. The fourth-order valence-electron chi connectivity index (χ4n) is 3.47. The Hall–Kier alpha value is -1.11. The average Bonchev–Trinajstić information content (AvgIpc) is 2.55. The van der Waals surface area contributed by atoms with Crippen LogP contribution in [0.5, 0.6) is 0 Å². The van der Waals surface area contributed by atoms with Crippen LogP contribution in [-0.2, 0) is 0 Å². The first-order valence-corrected chi connectivity index (χ1v) is 21.0. The van der Waals surface area contributed by atoms with Gasteiger partial charge >= 0.3 is 170 Å². The summed E-state index contributed by atoms with van der Waals surface area (Å²) in [5.41, 5.74) is 10.9. The molecule has 0 radical (unpaired) electrons. The van der Waals surface area contributed by atoms with E-state index in [4.69, 9.17) is 0 Å². The molecule has 0 spiro atoms. The van der Waals surface area contributed by atoms with Crippen LogP contribution >= 0.6 is 8.52 Å². The van der Waals surface area contributed by atoms with E-state index in [0.717, 1.165) is 0 Å². The zero-order chi connectivity index (χ0) is 18.8. The van der Waals surface area contributed by atoms with Crippen LogP contribution in [0.2, 0.25) is 9.26 Å². The molecule has 0 bridgehead atoms. The van der Waals surface area contributed by atoms with Gasteiger partial charge in [-0.1, -0.05) is 0 Å². The number of hydrogen-bond donors (Lipinski definition) is 0. The van der Waals surface area contributed by atoms with Gasteiger partial charge in [-0.05, 0) is 0 Å². The minimum atomic E-state index is -1.47. The van der Waals surface area contributed by atoms with E-state index in [2.05, 4.69) is 100 Å². The van der Waals surface area contributed by atoms with E-state index in [1.165, 1.54) is 49.4 Å². The number of rotatable bonds is 4. The Morgan fingerprint density at radius 1 is 0.615 bits per heavy atom. The van der Waals surface area contributed by atoms with Crippen LogP contribution in [0.25, 0.3) is 22.3 Å². The summed E-state index contributed by atoms with van der Waals surface area (Å²) < 4.78 is 4.95. The van der Waals surface area contributed by atoms with Gasteiger partial charge in [0.1, 0.15) is 0 Å². The number of aryl methyl sites for hydroxylation is 4. The topological polar surface area (TPSA) is 0 Å². The Morgan fingerprint density at radius 3 is 1.46 bits per heavy atom. The molecule has 0 aliphatic carbocycles. The molecule has 0 saturated carbocycles. The summed E-state index contributed by atoms with van der Waals surface area (Å²) in [4.78, 5) is 1.48. The zero-order valence-corrected chi connectivity index (χ0v) is 20.8. The third kappa shape index (κ3) is 4.24. The van der Waals surface area contributed by atoms with Gasteiger partial charge in [-0.25, -0.2) is 0 Å². The molecule has 3 aromatic carbocycles. The Morgan fingerprint density at radius 2 is 1.08 bits per heavy atom. The summed E-state index contributed by atoms with van der Waals surface area (Å²) in [6.45, 7) is 8.81. The van der Waals surface area contributed by atoms with Gasteiger partial charge in [0, 0.05) is 0 Å². The van der Waals surface area contributed by atoms with Gasteiger partial charge in [0.05, 0.1) is 0 Å². The first kappa shape index (κ1) is 19.6. The first-order valence-electron chi connectivity index (χ1n) is 9.00. The molecule has 0 heterocycles. The average molecular weight is 557 g/mol. The third-order valence-corrected chi connectivity index (χ3v) is 12.0. The van der Waals surface area contributed by atoms with Crippen LogP contribution < -0.4 is 0 Å². The maximum absolute atomic E-state index is 2.48. The van der Waals surface area contributed by atoms with Gasteiger partial charge in [0.15, 0.2) is 0 Å². The van der Waals surface area contributed by atoms with Crippen molar-refractivity contribution < 1.29 is 0 Å². The molecule has 0 aliphatic rings. The van der Waals surface area contributed by atoms with Crippen LogP contribution in [0, 0.1) is 27.7 Å². The van der Waals surface area contributed by atoms with Crippen molar-refractivity contribution in [1.82, 2.24) is 0 Å². The second-order valence-corrected chi connectivity index (χ2v) is 22.7. The quantitative estimate of drug-likeness (QED) is 0.299. The van der Waals surface area contributed by atoms with E-state index in [9.17, 15) is 0 Å². The SMILES string of the molecule is Cc1ccc(-c2cccc(-c3ccc(C)cc3C)c2[S][Bi]([CH3])[CH3])c(C)c1. The molecule has 0 unspecified atom stereocenters. The van der Waals surface area contributed by atoms with E-state index in [-0.39, 0.29) is 0 Å². The summed E-state index contributed by atoms with van der Waals surface area (Å²) >= 11 is -1.47. The van der Waals surface area contributed by atoms with Gasteiger partial charge in [0.2, 0.25) is 0 Å². The van der Waals surface area contributed by atoms with Gasteiger partial charge in [-0.15, -0.1) is 0 Å². The van der Waals surface area contributed by atoms with Crippen molar-refractivity contribution in [3.05, 3.63) is 76.9 Å². The predicted octanol–water partition coefficient (Wildman–Crippen LogP) is 7.60. The fraction of sp³-hybridized carbons (Fsp3) is 0.250.